The highest BCUT2D eigenvalue weighted by atomic mass is 16.1. The van der Waals surface area contributed by atoms with E-state index in [1.54, 1.807) is 6.08 Å². The Kier molecular flexibility index (Phi) is 6.68. The highest BCUT2D eigenvalue weighted by Gasteiger charge is 1.99. The lowest BCUT2D eigenvalue weighted by Gasteiger charge is -2.03. The van der Waals surface area contributed by atoms with Crippen molar-refractivity contribution in [2.45, 2.75) is 19.4 Å². The molecule has 0 aliphatic carbocycles. The van der Waals surface area contributed by atoms with E-state index in [1.165, 1.54) is 5.56 Å². The summed E-state index contributed by atoms with van der Waals surface area (Å²) in [6.45, 7) is 4.76. The van der Waals surface area contributed by atoms with E-state index >= 15 is 0 Å². The molecule has 0 fully saturated rings. The average molecular weight is 229 g/mol. The van der Waals surface area contributed by atoms with E-state index in [2.05, 4.69) is 11.9 Å². The lowest BCUT2D eigenvalue weighted by Crippen LogP contribution is -2.22. The molecule has 0 aliphatic rings. The van der Waals surface area contributed by atoms with Crippen LogP contribution in [0.3, 0.4) is 0 Å². The fourth-order valence-corrected chi connectivity index (χ4v) is 1.47. The van der Waals surface area contributed by atoms with Crippen molar-refractivity contribution in [3.63, 3.8) is 0 Å². The van der Waals surface area contributed by atoms with Gasteiger partial charge in [0.1, 0.15) is 5.78 Å². The van der Waals surface area contributed by atoms with Crippen molar-refractivity contribution in [2.75, 3.05) is 6.54 Å². The second kappa shape index (κ2) is 8.48. The molecule has 0 amide bonds. The normalized spacial score (nSPS) is 10.6. The summed E-state index contributed by atoms with van der Waals surface area (Å²) in [4.78, 5) is 11.5. The Bertz CT molecular complexity index is 368. The van der Waals surface area contributed by atoms with Crippen LogP contribution in [0.1, 0.15) is 18.4 Å². The average Bonchev–Trinajstić information content (AvgIpc) is 2.36. The Hall–Kier alpha value is -1.67. The third kappa shape index (κ3) is 6.48. The largest absolute Gasteiger partial charge is 0.306 e. The molecule has 90 valence electrons. The van der Waals surface area contributed by atoms with Gasteiger partial charge in [0.2, 0.25) is 0 Å². The van der Waals surface area contributed by atoms with Crippen LogP contribution in [0.25, 0.3) is 0 Å². The SMILES string of the molecule is C=C/C=C/CCC(=O)CNCc1ccccc1. The maximum absolute atomic E-state index is 11.5. The Morgan fingerprint density at radius 1 is 1.29 bits per heavy atom. The van der Waals surface area contributed by atoms with Crippen molar-refractivity contribution in [2.24, 2.45) is 0 Å². The maximum Gasteiger partial charge on any atom is 0.146 e. The van der Waals surface area contributed by atoms with Crippen molar-refractivity contribution >= 4 is 5.78 Å². The van der Waals surface area contributed by atoms with Gasteiger partial charge in [0.05, 0.1) is 6.54 Å². The second-order valence-electron chi connectivity index (χ2n) is 3.83. The Labute approximate surface area is 103 Å². The molecule has 1 aromatic rings. The van der Waals surface area contributed by atoms with Gasteiger partial charge in [-0.1, -0.05) is 55.1 Å². The van der Waals surface area contributed by atoms with Crippen LogP contribution in [0, 0.1) is 0 Å². The van der Waals surface area contributed by atoms with Crippen LogP contribution >= 0.6 is 0 Å². The fraction of sp³-hybridized carbons (Fsp3) is 0.267. The zero-order chi connectivity index (χ0) is 12.3. The highest BCUT2D eigenvalue weighted by molar-refractivity contribution is 5.80. The zero-order valence-electron chi connectivity index (χ0n) is 10.1. The smallest absolute Gasteiger partial charge is 0.146 e. The lowest BCUT2D eigenvalue weighted by molar-refractivity contribution is -0.118. The quantitative estimate of drug-likeness (QED) is 0.694. The fourth-order valence-electron chi connectivity index (χ4n) is 1.47. The standard InChI is InChI=1S/C15H19NO/c1-2-3-4-8-11-15(17)13-16-12-14-9-6-5-7-10-14/h2-7,9-10,16H,1,8,11-13H2/b4-3+. The Morgan fingerprint density at radius 3 is 2.76 bits per heavy atom. The van der Waals surface area contributed by atoms with Crippen LogP contribution < -0.4 is 5.32 Å². The third-order valence-corrected chi connectivity index (χ3v) is 2.36. The molecule has 0 radical (unpaired) electrons. The summed E-state index contributed by atoms with van der Waals surface area (Å²) in [6, 6.07) is 10.1. The van der Waals surface area contributed by atoms with Gasteiger partial charge >= 0.3 is 0 Å². The van der Waals surface area contributed by atoms with Crippen molar-refractivity contribution < 1.29 is 4.79 Å². The zero-order valence-corrected chi connectivity index (χ0v) is 10.1. The van der Waals surface area contributed by atoms with Gasteiger partial charge in [0.15, 0.2) is 0 Å². The van der Waals surface area contributed by atoms with Gasteiger partial charge in [-0.2, -0.15) is 0 Å². The summed E-state index contributed by atoms with van der Waals surface area (Å²) in [5.74, 6) is 0.245. The van der Waals surface area contributed by atoms with Crippen LogP contribution in [0.4, 0.5) is 0 Å². The van der Waals surface area contributed by atoms with Crippen LogP contribution in [-0.2, 0) is 11.3 Å². The molecular formula is C15H19NO. The molecule has 2 nitrogen and oxygen atoms in total. The lowest BCUT2D eigenvalue weighted by atomic mass is 10.2. The van der Waals surface area contributed by atoms with Crippen molar-refractivity contribution in [3.8, 4) is 0 Å². The minimum Gasteiger partial charge on any atom is -0.306 e. The predicted octanol–water partition coefficient (Wildman–Crippen LogP) is 2.87. The minimum atomic E-state index is 0.245. The number of benzene rings is 1. The minimum absolute atomic E-state index is 0.245. The molecule has 0 bridgehead atoms. The molecule has 1 N–H and O–H groups in total. The van der Waals surface area contributed by atoms with Crippen LogP contribution in [0.2, 0.25) is 0 Å². The molecule has 0 atom stereocenters. The molecule has 1 aromatic carbocycles. The number of hydrogen-bond donors (Lipinski definition) is 1. The van der Waals surface area contributed by atoms with E-state index in [0.29, 0.717) is 13.0 Å². The summed E-state index contributed by atoms with van der Waals surface area (Å²) in [6.07, 6.45) is 6.93. The van der Waals surface area contributed by atoms with Gasteiger partial charge in [-0.15, -0.1) is 0 Å². The molecule has 0 unspecified atom stereocenters. The van der Waals surface area contributed by atoms with Crippen molar-refractivity contribution in [1.82, 2.24) is 5.32 Å². The van der Waals surface area contributed by atoms with E-state index in [1.807, 2.05) is 42.5 Å². The number of carbonyl (C=O) groups is 1. The van der Waals surface area contributed by atoms with Crippen molar-refractivity contribution in [1.29, 1.82) is 0 Å². The van der Waals surface area contributed by atoms with Gasteiger partial charge in [-0.3, -0.25) is 4.79 Å². The summed E-state index contributed by atoms with van der Waals surface area (Å²) in [7, 11) is 0. The monoisotopic (exact) mass is 229 g/mol. The van der Waals surface area contributed by atoms with Crippen LogP contribution in [0.5, 0.6) is 0 Å². The van der Waals surface area contributed by atoms with Crippen molar-refractivity contribution in [3.05, 3.63) is 60.7 Å². The number of Topliss-reactive ketones (excluding diaryl/α,β-unsaturated/α-hetero) is 1. The van der Waals surface area contributed by atoms with Crippen LogP contribution in [-0.4, -0.2) is 12.3 Å². The van der Waals surface area contributed by atoms with E-state index in [-0.39, 0.29) is 5.78 Å². The number of hydrogen-bond acceptors (Lipinski definition) is 2. The molecule has 0 saturated carbocycles. The number of nitrogens with one attached hydrogen (secondary N) is 1. The molecule has 0 saturated heterocycles. The molecule has 1 rings (SSSR count). The molecule has 2 heteroatoms. The van der Waals surface area contributed by atoms with Gasteiger partial charge < -0.3 is 5.32 Å². The van der Waals surface area contributed by atoms with E-state index in [9.17, 15) is 4.79 Å². The molecule has 0 aliphatic heterocycles. The van der Waals surface area contributed by atoms with Gasteiger partial charge in [0, 0.05) is 13.0 Å². The van der Waals surface area contributed by atoms with E-state index < -0.39 is 0 Å². The Balaban J connectivity index is 2.12. The topological polar surface area (TPSA) is 29.1 Å². The summed E-state index contributed by atoms with van der Waals surface area (Å²) >= 11 is 0. The molecule has 0 spiro atoms. The first kappa shape index (κ1) is 13.4. The van der Waals surface area contributed by atoms with E-state index in [0.717, 1.165) is 13.0 Å². The summed E-state index contributed by atoms with van der Waals surface area (Å²) in [5, 5.41) is 3.15. The summed E-state index contributed by atoms with van der Waals surface area (Å²) in [5.41, 5.74) is 1.20. The van der Waals surface area contributed by atoms with Gasteiger partial charge in [0.25, 0.3) is 0 Å². The first-order valence-electron chi connectivity index (χ1n) is 5.87. The molecule has 0 aromatic heterocycles. The molecular weight excluding hydrogens is 210 g/mol. The summed E-state index contributed by atoms with van der Waals surface area (Å²) < 4.78 is 0. The molecule has 0 heterocycles. The maximum atomic E-state index is 11.5. The first-order valence-corrected chi connectivity index (χ1v) is 5.87. The predicted molar refractivity (Wildman–Crippen MR) is 71.7 cm³/mol. The number of rotatable bonds is 8. The molecule has 17 heavy (non-hydrogen) atoms. The Morgan fingerprint density at radius 2 is 2.06 bits per heavy atom. The highest BCUT2D eigenvalue weighted by Crippen LogP contribution is 1.97. The van der Waals surface area contributed by atoms with Crippen LogP contribution in [0.15, 0.2) is 55.1 Å². The van der Waals surface area contributed by atoms with Gasteiger partial charge in [-0.05, 0) is 12.0 Å². The van der Waals surface area contributed by atoms with Gasteiger partial charge in [-0.25, -0.2) is 0 Å². The number of allylic oxidation sites excluding steroid dienone is 3. The number of ketones is 1. The van der Waals surface area contributed by atoms with E-state index in [4.69, 9.17) is 0 Å². The first-order chi connectivity index (χ1) is 8.33. The third-order valence-electron chi connectivity index (χ3n) is 2.36. The second-order valence-corrected chi connectivity index (χ2v) is 3.83. The number of carbonyl (C=O) groups excluding carboxylic acids is 1.